The highest BCUT2D eigenvalue weighted by Crippen LogP contribution is 2.28. The fraction of sp³-hybridized carbons (Fsp3) is 0.286. The first kappa shape index (κ1) is 17.6. The Hall–Kier alpha value is -1.81. The number of anilines is 1. The molecule has 4 rings (SSSR count). The molecule has 1 aliphatic rings. The van der Waals surface area contributed by atoms with E-state index in [1.807, 2.05) is 42.6 Å². The van der Waals surface area contributed by atoms with Gasteiger partial charge in [0.2, 0.25) is 0 Å². The van der Waals surface area contributed by atoms with Crippen LogP contribution in [-0.4, -0.2) is 17.1 Å². The molecule has 1 fully saturated rings. The molecule has 3 nitrogen and oxygen atoms in total. The van der Waals surface area contributed by atoms with E-state index in [1.165, 1.54) is 12.0 Å². The average Bonchev–Trinajstić information content (AvgIpc) is 3.09. The molecule has 5 heteroatoms. The van der Waals surface area contributed by atoms with E-state index in [1.54, 1.807) is 0 Å². The normalized spacial score (nSPS) is 19.8. The van der Waals surface area contributed by atoms with Gasteiger partial charge in [-0.25, -0.2) is 0 Å². The molecule has 0 spiro atoms. The van der Waals surface area contributed by atoms with Gasteiger partial charge < -0.3 is 10.6 Å². The molecule has 0 bridgehead atoms. The van der Waals surface area contributed by atoms with Crippen molar-refractivity contribution in [2.45, 2.75) is 37.9 Å². The lowest BCUT2D eigenvalue weighted by Gasteiger charge is -2.17. The van der Waals surface area contributed by atoms with Crippen LogP contribution in [0.5, 0.6) is 0 Å². The molecule has 1 heterocycles. The molecular formula is C21H21Cl2N3. The second kappa shape index (κ2) is 7.83. The summed E-state index contributed by atoms with van der Waals surface area (Å²) in [4.78, 5) is 4.42. The van der Waals surface area contributed by atoms with E-state index in [4.69, 9.17) is 23.2 Å². The van der Waals surface area contributed by atoms with Gasteiger partial charge in [-0.05, 0) is 61.2 Å². The smallest absolute Gasteiger partial charge is 0.0737 e. The van der Waals surface area contributed by atoms with Gasteiger partial charge in [-0.3, -0.25) is 4.98 Å². The summed E-state index contributed by atoms with van der Waals surface area (Å²) in [7, 11) is 0. The number of hydrogen-bond acceptors (Lipinski definition) is 3. The first-order valence-corrected chi connectivity index (χ1v) is 9.71. The summed E-state index contributed by atoms with van der Waals surface area (Å²) in [5.74, 6) is 0. The molecule has 1 saturated carbocycles. The molecule has 0 unspecified atom stereocenters. The summed E-state index contributed by atoms with van der Waals surface area (Å²) in [6, 6.07) is 17.0. The zero-order chi connectivity index (χ0) is 17.9. The van der Waals surface area contributed by atoms with E-state index in [2.05, 4.69) is 27.8 Å². The SMILES string of the molecule is Clc1ccc(CN[C@@H]2CC[C@H](Nc3ccnc4cc(Cl)ccc34)C2)cc1. The Morgan fingerprint density at radius 2 is 1.69 bits per heavy atom. The minimum atomic E-state index is 0.471. The summed E-state index contributed by atoms with van der Waals surface area (Å²) >= 11 is 12.0. The summed E-state index contributed by atoms with van der Waals surface area (Å²) in [5.41, 5.74) is 3.33. The molecule has 2 atom stereocenters. The van der Waals surface area contributed by atoms with Crippen molar-refractivity contribution in [3.05, 3.63) is 70.3 Å². The van der Waals surface area contributed by atoms with Crippen molar-refractivity contribution in [3.8, 4) is 0 Å². The lowest BCUT2D eigenvalue weighted by atomic mass is 10.1. The number of aromatic nitrogens is 1. The second-order valence-electron chi connectivity index (χ2n) is 6.88. The Labute approximate surface area is 163 Å². The molecule has 0 aliphatic heterocycles. The van der Waals surface area contributed by atoms with Gasteiger partial charge in [0.15, 0.2) is 0 Å². The molecule has 0 saturated heterocycles. The van der Waals surface area contributed by atoms with Crippen LogP contribution in [0.4, 0.5) is 5.69 Å². The van der Waals surface area contributed by atoms with Crippen LogP contribution in [0, 0.1) is 0 Å². The number of benzene rings is 2. The molecule has 1 aromatic heterocycles. The van der Waals surface area contributed by atoms with Crippen molar-refractivity contribution in [3.63, 3.8) is 0 Å². The van der Waals surface area contributed by atoms with Crippen molar-refractivity contribution in [2.24, 2.45) is 0 Å². The molecule has 1 aliphatic carbocycles. The number of pyridine rings is 1. The number of nitrogens with one attached hydrogen (secondary N) is 2. The van der Waals surface area contributed by atoms with Crippen LogP contribution >= 0.6 is 23.2 Å². The van der Waals surface area contributed by atoms with E-state index in [0.29, 0.717) is 12.1 Å². The minimum Gasteiger partial charge on any atom is -0.382 e. The van der Waals surface area contributed by atoms with E-state index < -0.39 is 0 Å². The van der Waals surface area contributed by atoms with Crippen LogP contribution in [0.1, 0.15) is 24.8 Å². The first-order valence-electron chi connectivity index (χ1n) is 8.96. The third-order valence-electron chi connectivity index (χ3n) is 5.01. The highest BCUT2D eigenvalue weighted by molar-refractivity contribution is 6.31. The highest BCUT2D eigenvalue weighted by Gasteiger charge is 2.24. The van der Waals surface area contributed by atoms with Crippen molar-refractivity contribution in [1.82, 2.24) is 10.3 Å². The first-order chi connectivity index (χ1) is 12.7. The quantitative estimate of drug-likeness (QED) is 0.594. The van der Waals surface area contributed by atoms with E-state index in [-0.39, 0.29) is 0 Å². The van der Waals surface area contributed by atoms with Crippen LogP contribution in [-0.2, 0) is 6.54 Å². The maximum atomic E-state index is 6.08. The Morgan fingerprint density at radius 1 is 0.923 bits per heavy atom. The van der Waals surface area contributed by atoms with Crippen LogP contribution < -0.4 is 10.6 Å². The van der Waals surface area contributed by atoms with Gasteiger partial charge in [0.05, 0.1) is 5.52 Å². The number of fused-ring (bicyclic) bond motifs is 1. The Kier molecular flexibility index (Phi) is 5.30. The van der Waals surface area contributed by atoms with Gasteiger partial charge in [-0.2, -0.15) is 0 Å². The van der Waals surface area contributed by atoms with Crippen molar-refractivity contribution >= 4 is 39.8 Å². The third-order valence-corrected chi connectivity index (χ3v) is 5.49. The summed E-state index contributed by atoms with van der Waals surface area (Å²) in [6.07, 6.45) is 5.30. The maximum absolute atomic E-state index is 6.08. The highest BCUT2D eigenvalue weighted by atomic mass is 35.5. The molecule has 3 aromatic rings. The number of halogens is 2. The fourth-order valence-electron chi connectivity index (χ4n) is 3.63. The predicted octanol–water partition coefficient (Wildman–Crippen LogP) is 5.66. The maximum Gasteiger partial charge on any atom is 0.0737 e. The molecular weight excluding hydrogens is 365 g/mol. The molecule has 134 valence electrons. The standard InChI is InChI=1S/C21H21Cl2N3/c22-15-3-1-14(2-4-15)13-25-17-6-7-18(12-17)26-20-9-10-24-21-11-16(23)5-8-19(20)21/h1-5,8-11,17-18,25H,6-7,12-13H2,(H,24,26)/t17-,18+/m1/s1. The molecule has 2 N–H and O–H groups in total. The van der Waals surface area contributed by atoms with E-state index in [0.717, 1.165) is 46.0 Å². The summed E-state index contributed by atoms with van der Waals surface area (Å²) in [6.45, 7) is 0.880. The average molecular weight is 386 g/mol. The van der Waals surface area contributed by atoms with Crippen molar-refractivity contribution in [2.75, 3.05) is 5.32 Å². The Bertz CT molecular complexity index is 895. The summed E-state index contributed by atoms with van der Waals surface area (Å²) in [5, 5.41) is 9.98. The van der Waals surface area contributed by atoms with Crippen molar-refractivity contribution in [1.29, 1.82) is 0 Å². The largest absolute Gasteiger partial charge is 0.382 e. The predicted molar refractivity (Wildman–Crippen MR) is 110 cm³/mol. The van der Waals surface area contributed by atoms with Crippen molar-refractivity contribution < 1.29 is 0 Å². The van der Waals surface area contributed by atoms with Gasteiger partial charge in [-0.15, -0.1) is 0 Å². The zero-order valence-corrected chi connectivity index (χ0v) is 15.9. The van der Waals surface area contributed by atoms with Crippen LogP contribution in [0.2, 0.25) is 10.0 Å². The zero-order valence-electron chi connectivity index (χ0n) is 14.4. The lowest BCUT2D eigenvalue weighted by Crippen LogP contribution is -2.27. The van der Waals surface area contributed by atoms with E-state index in [9.17, 15) is 0 Å². The number of hydrogen-bond donors (Lipinski definition) is 2. The molecule has 0 radical (unpaired) electrons. The van der Waals surface area contributed by atoms with Gasteiger partial charge in [-0.1, -0.05) is 35.3 Å². The Morgan fingerprint density at radius 3 is 2.54 bits per heavy atom. The topological polar surface area (TPSA) is 37.0 Å². The summed E-state index contributed by atoms with van der Waals surface area (Å²) < 4.78 is 0. The van der Waals surface area contributed by atoms with Crippen LogP contribution in [0.25, 0.3) is 10.9 Å². The third kappa shape index (κ3) is 4.12. The molecule has 0 amide bonds. The van der Waals surface area contributed by atoms with Gasteiger partial charge in [0.25, 0.3) is 0 Å². The van der Waals surface area contributed by atoms with Crippen LogP contribution in [0.3, 0.4) is 0 Å². The van der Waals surface area contributed by atoms with E-state index >= 15 is 0 Å². The molecule has 2 aromatic carbocycles. The monoisotopic (exact) mass is 385 g/mol. The molecule has 26 heavy (non-hydrogen) atoms. The van der Waals surface area contributed by atoms with Gasteiger partial charge >= 0.3 is 0 Å². The lowest BCUT2D eigenvalue weighted by molar-refractivity contribution is 0.520. The number of rotatable bonds is 5. The second-order valence-corrected chi connectivity index (χ2v) is 7.75. The van der Waals surface area contributed by atoms with Gasteiger partial charge in [0.1, 0.15) is 0 Å². The van der Waals surface area contributed by atoms with Crippen LogP contribution in [0.15, 0.2) is 54.7 Å². The Balaban J connectivity index is 1.36. The fourth-order valence-corrected chi connectivity index (χ4v) is 3.92. The van der Waals surface area contributed by atoms with Gasteiger partial charge in [0, 0.05) is 45.9 Å². The number of nitrogens with zero attached hydrogens (tertiary/aromatic N) is 1. The minimum absolute atomic E-state index is 0.471.